The molecule has 6 nitrogen and oxygen atoms in total. The summed E-state index contributed by atoms with van der Waals surface area (Å²) < 4.78 is 5.39. The zero-order valence-corrected chi connectivity index (χ0v) is 15.2. The largest absolute Gasteiger partial charge is 0.495 e. The molecule has 2 aromatic rings. The van der Waals surface area contributed by atoms with Crippen LogP contribution < -0.4 is 15.0 Å². The first-order valence-electron chi connectivity index (χ1n) is 8.32. The van der Waals surface area contributed by atoms with E-state index in [2.05, 4.69) is 10.2 Å². The molecule has 2 aromatic carbocycles. The van der Waals surface area contributed by atoms with Crippen LogP contribution in [0.25, 0.3) is 0 Å². The molecule has 3 rings (SSSR count). The molecule has 0 radical (unpaired) electrons. The van der Waals surface area contributed by atoms with E-state index in [1.807, 2.05) is 24.3 Å². The number of halogens is 1. The molecule has 0 unspecified atom stereocenters. The summed E-state index contributed by atoms with van der Waals surface area (Å²) in [6.07, 6.45) is 0. The fourth-order valence-electron chi connectivity index (χ4n) is 2.94. The van der Waals surface area contributed by atoms with E-state index in [1.54, 1.807) is 36.3 Å². The average Bonchev–Trinajstić information content (AvgIpc) is 2.67. The second-order valence-electron chi connectivity index (χ2n) is 5.92. The molecule has 0 aromatic heterocycles. The Kier molecular flexibility index (Phi) is 5.63. The predicted molar refractivity (Wildman–Crippen MR) is 102 cm³/mol. The zero-order valence-electron chi connectivity index (χ0n) is 14.4. The number of ether oxygens (including phenoxy) is 1. The molecule has 1 saturated heterocycles. The van der Waals surface area contributed by atoms with Crippen molar-refractivity contribution in [2.45, 2.75) is 0 Å². The van der Waals surface area contributed by atoms with E-state index in [0.29, 0.717) is 36.9 Å². The first-order chi connectivity index (χ1) is 12.6. The molecule has 1 aliphatic heterocycles. The monoisotopic (exact) mass is 373 g/mol. The summed E-state index contributed by atoms with van der Waals surface area (Å²) in [6.45, 7) is 2.22. The lowest BCUT2D eigenvalue weighted by atomic mass is 10.2. The van der Waals surface area contributed by atoms with Crippen molar-refractivity contribution >= 4 is 34.8 Å². The summed E-state index contributed by atoms with van der Waals surface area (Å²) in [5, 5.41) is 3.09. The van der Waals surface area contributed by atoms with Gasteiger partial charge in [-0.05, 0) is 30.3 Å². The lowest BCUT2D eigenvalue weighted by Crippen LogP contribution is -2.51. The third-order valence-electron chi connectivity index (χ3n) is 4.27. The van der Waals surface area contributed by atoms with Gasteiger partial charge in [-0.15, -0.1) is 0 Å². The van der Waals surface area contributed by atoms with Crippen LogP contribution >= 0.6 is 11.6 Å². The molecule has 136 valence electrons. The summed E-state index contributed by atoms with van der Waals surface area (Å²) in [7, 11) is 1.64. The van der Waals surface area contributed by atoms with Crippen molar-refractivity contribution in [1.29, 1.82) is 0 Å². The van der Waals surface area contributed by atoms with Gasteiger partial charge in [0.1, 0.15) is 5.75 Å². The van der Waals surface area contributed by atoms with E-state index in [9.17, 15) is 9.59 Å². The van der Waals surface area contributed by atoms with Crippen LogP contribution in [0.3, 0.4) is 0 Å². The molecule has 1 fully saturated rings. The Morgan fingerprint density at radius 3 is 2.46 bits per heavy atom. The highest BCUT2D eigenvalue weighted by molar-refractivity contribution is 6.39. The number of piperazine rings is 1. The van der Waals surface area contributed by atoms with Crippen LogP contribution in [0.5, 0.6) is 5.75 Å². The summed E-state index contributed by atoms with van der Waals surface area (Å²) in [4.78, 5) is 28.3. The SMILES string of the molecule is COc1ccccc1N1CCN(C(=O)C(=O)Nc2cccc(Cl)c2)CC1. The fraction of sp³-hybridized carbons (Fsp3) is 0.263. The van der Waals surface area contributed by atoms with Crippen LogP contribution in [0.2, 0.25) is 5.02 Å². The molecule has 26 heavy (non-hydrogen) atoms. The zero-order chi connectivity index (χ0) is 18.5. The molecular formula is C19H20ClN3O3. The number of para-hydroxylation sites is 2. The van der Waals surface area contributed by atoms with Gasteiger partial charge < -0.3 is 19.9 Å². The highest BCUT2D eigenvalue weighted by Crippen LogP contribution is 2.28. The molecule has 1 aliphatic rings. The van der Waals surface area contributed by atoms with E-state index in [0.717, 1.165) is 11.4 Å². The van der Waals surface area contributed by atoms with Gasteiger partial charge in [0.2, 0.25) is 0 Å². The number of benzene rings is 2. The minimum absolute atomic E-state index is 0.472. The number of nitrogens with zero attached hydrogens (tertiary/aromatic N) is 2. The van der Waals surface area contributed by atoms with Crippen LogP contribution in [0, 0.1) is 0 Å². The highest BCUT2D eigenvalue weighted by atomic mass is 35.5. The van der Waals surface area contributed by atoms with Crippen LogP contribution in [-0.4, -0.2) is 50.0 Å². The van der Waals surface area contributed by atoms with E-state index in [4.69, 9.17) is 16.3 Å². The Morgan fingerprint density at radius 2 is 1.77 bits per heavy atom. The predicted octanol–water partition coefficient (Wildman–Crippen LogP) is 2.64. The van der Waals surface area contributed by atoms with Gasteiger partial charge in [-0.2, -0.15) is 0 Å². The lowest BCUT2D eigenvalue weighted by Gasteiger charge is -2.36. The van der Waals surface area contributed by atoms with Gasteiger partial charge in [-0.25, -0.2) is 0 Å². The molecule has 7 heteroatoms. The normalized spacial score (nSPS) is 14.1. The van der Waals surface area contributed by atoms with Gasteiger partial charge in [0.05, 0.1) is 12.8 Å². The Labute approximate surface area is 157 Å². The first-order valence-corrected chi connectivity index (χ1v) is 8.70. The molecule has 0 spiro atoms. The summed E-state index contributed by atoms with van der Waals surface area (Å²) in [5.74, 6) is -0.395. The van der Waals surface area contributed by atoms with Crippen LogP contribution in [0.4, 0.5) is 11.4 Å². The summed E-state index contributed by atoms with van der Waals surface area (Å²) in [5.41, 5.74) is 1.49. The number of nitrogens with one attached hydrogen (secondary N) is 1. The van der Waals surface area contributed by atoms with Crippen LogP contribution in [-0.2, 0) is 9.59 Å². The van der Waals surface area contributed by atoms with E-state index < -0.39 is 11.8 Å². The van der Waals surface area contributed by atoms with Gasteiger partial charge in [0.15, 0.2) is 0 Å². The van der Waals surface area contributed by atoms with Crippen LogP contribution in [0.15, 0.2) is 48.5 Å². The maximum atomic E-state index is 12.4. The molecule has 0 aliphatic carbocycles. The van der Waals surface area contributed by atoms with Crippen molar-refractivity contribution < 1.29 is 14.3 Å². The maximum absolute atomic E-state index is 12.4. The van der Waals surface area contributed by atoms with Crippen molar-refractivity contribution in [2.24, 2.45) is 0 Å². The average molecular weight is 374 g/mol. The number of amides is 2. The third kappa shape index (κ3) is 4.08. The minimum atomic E-state index is -0.655. The Bertz CT molecular complexity index is 804. The number of anilines is 2. The number of hydrogen-bond acceptors (Lipinski definition) is 4. The van der Waals surface area contributed by atoms with Crippen molar-refractivity contribution in [3.63, 3.8) is 0 Å². The summed E-state index contributed by atoms with van der Waals surface area (Å²) >= 11 is 5.89. The molecule has 0 atom stereocenters. The number of methoxy groups -OCH3 is 1. The van der Waals surface area contributed by atoms with Gasteiger partial charge in [0, 0.05) is 36.9 Å². The van der Waals surface area contributed by atoms with Gasteiger partial charge >= 0.3 is 11.8 Å². The Hall–Kier alpha value is -2.73. The second kappa shape index (κ2) is 8.10. The van der Waals surface area contributed by atoms with Gasteiger partial charge in [0.25, 0.3) is 0 Å². The Balaban J connectivity index is 1.59. The first kappa shape index (κ1) is 18.1. The van der Waals surface area contributed by atoms with Gasteiger partial charge in [-0.3, -0.25) is 9.59 Å². The van der Waals surface area contributed by atoms with Crippen molar-refractivity contribution in [1.82, 2.24) is 4.90 Å². The molecule has 1 N–H and O–H groups in total. The Morgan fingerprint density at radius 1 is 1.04 bits per heavy atom. The maximum Gasteiger partial charge on any atom is 0.313 e. The number of rotatable bonds is 3. The number of carbonyl (C=O) groups is 2. The number of hydrogen-bond donors (Lipinski definition) is 1. The lowest BCUT2D eigenvalue weighted by molar-refractivity contribution is -0.143. The second-order valence-corrected chi connectivity index (χ2v) is 6.35. The standard InChI is InChI=1S/C19H20ClN3O3/c1-26-17-8-3-2-7-16(17)22-9-11-23(12-10-22)19(25)18(24)21-15-6-4-5-14(20)13-15/h2-8,13H,9-12H2,1H3,(H,21,24). The van der Waals surface area contributed by atoms with Gasteiger partial charge in [-0.1, -0.05) is 29.8 Å². The van der Waals surface area contributed by atoms with Crippen molar-refractivity contribution in [2.75, 3.05) is 43.5 Å². The number of carbonyl (C=O) groups excluding carboxylic acids is 2. The van der Waals surface area contributed by atoms with E-state index >= 15 is 0 Å². The van der Waals surface area contributed by atoms with E-state index in [-0.39, 0.29) is 0 Å². The molecule has 0 saturated carbocycles. The molecular weight excluding hydrogens is 354 g/mol. The van der Waals surface area contributed by atoms with Crippen LogP contribution in [0.1, 0.15) is 0 Å². The quantitative estimate of drug-likeness (QED) is 0.840. The van der Waals surface area contributed by atoms with Crippen molar-refractivity contribution in [3.8, 4) is 5.75 Å². The van der Waals surface area contributed by atoms with Crippen molar-refractivity contribution in [3.05, 3.63) is 53.6 Å². The molecule has 2 amide bonds. The third-order valence-corrected chi connectivity index (χ3v) is 4.50. The van der Waals surface area contributed by atoms with E-state index in [1.165, 1.54) is 0 Å². The topological polar surface area (TPSA) is 61.9 Å². The fourth-order valence-corrected chi connectivity index (χ4v) is 3.13. The molecule has 0 bridgehead atoms. The minimum Gasteiger partial charge on any atom is -0.495 e. The summed E-state index contributed by atoms with van der Waals surface area (Å²) in [6, 6.07) is 14.5. The smallest absolute Gasteiger partial charge is 0.313 e. The molecule has 1 heterocycles. The highest BCUT2D eigenvalue weighted by Gasteiger charge is 2.27.